The average molecular weight is 342 g/mol. The van der Waals surface area contributed by atoms with Gasteiger partial charge in [0.15, 0.2) is 11.6 Å². The molecular weight excluding hydrogens is 324 g/mol. The Labute approximate surface area is 151 Å². The molecule has 0 heterocycles. The van der Waals surface area contributed by atoms with E-state index in [1.807, 2.05) is 48.5 Å². The zero-order valence-electron chi connectivity index (χ0n) is 14.1. The van der Waals surface area contributed by atoms with Crippen molar-refractivity contribution >= 4 is 22.9 Å². The van der Waals surface area contributed by atoms with Crippen LogP contribution in [0, 0.1) is 0 Å². The van der Waals surface area contributed by atoms with Crippen LogP contribution < -0.4 is 11.5 Å². The zero-order chi connectivity index (χ0) is 18.5. The number of anilines is 2. The number of allylic oxidation sites excluding steroid dienone is 2. The summed E-state index contributed by atoms with van der Waals surface area (Å²) in [4.78, 5) is 22.4. The van der Waals surface area contributed by atoms with E-state index in [1.165, 1.54) is 12.2 Å². The average Bonchev–Trinajstić information content (AvgIpc) is 2.67. The van der Waals surface area contributed by atoms with Gasteiger partial charge in [-0.2, -0.15) is 0 Å². The minimum absolute atomic E-state index is 0.0924. The molecule has 0 aliphatic heterocycles. The SMILES string of the molecule is Nc1ccc(-c2ccc(N)cc2)cc1.O=C1C=CC(=O)c2ccccc21. The molecule has 1 aliphatic carbocycles. The van der Waals surface area contributed by atoms with Gasteiger partial charge in [0, 0.05) is 22.5 Å². The molecule has 0 radical (unpaired) electrons. The molecule has 4 rings (SSSR count). The molecule has 0 saturated heterocycles. The Bertz CT molecular complexity index is 891. The van der Waals surface area contributed by atoms with Gasteiger partial charge >= 0.3 is 0 Å². The number of carbonyl (C=O) groups is 2. The number of carbonyl (C=O) groups excluding carboxylic acids is 2. The Morgan fingerprint density at radius 3 is 1.19 bits per heavy atom. The van der Waals surface area contributed by atoms with Crippen LogP contribution in [0.5, 0.6) is 0 Å². The van der Waals surface area contributed by atoms with Crippen LogP contribution in [0.2, 0.25) is 0 Å². The maximum absolute atomic E-state index is 11.2. The Morgan fingerprint density at radius 1 is 0.500 bits per heavy atom. The number of nitrogens with two attached hydrogens (primary N) is 2. The molecule has 0 fully saturated rings. The molecule has 1 aliphatic rings. The number of fused-ring (bicyclic) bond motifs is 1. The van der Waals surface area contributed by atoms with Crippen molar-refractivity contribution in [2.24, 2.45) is 0 Å². The molecule has 0 amide bonds. The van der Waals surface area contributed by atoms with Crippen molar-refractivity contribution in [2.75, 3.05) is 11.5 Å². The zero-order valence-corrected chi connectivity index (χ0v) is 14.1. The number of rotatable bonds is 1. The summed E-state index contributed by atoms with van der Waals surface area (Å²) in [7, 11) is 0. The fourth-order valence-electron chi connectivity index (χ4n) is 2.59. The molecule has 0 bridgehead atoms. The third-order valence-corrected chi connectivity index (χ3v) is 4.00. The molecule has 0 atom stereocenters. The standard InChI is InChI=1S/C12H12N2.C10H6O2/c13-11-5-1-9(2-6-11)10-3-7-12(14)8-4-10;11-9-5-6-10(12)8-4-2-1-3-7(8)9/h1-8H,13-14H2;1-6H. The van der Waals surface area contributed by atoms with Crippen molar-refractivity contribution in [1.82, 2.24) is 0 Å². The van der Waals surface area contributed by atoms with Crippen molar-refractivity contribution in [2.45, 2.75) is 0 Å². The van der Waals surface area contributed by atoms with Gasteiger partial charge in [0.05, 0.1) is 0 Å². The van der Waals surface area contributed by atoms with Crippen LogP contribution in [0.15, 0.2) is 84.9 Å². The van der Waals surface area contributed by atoms with E-state index >= 15 is 0 Å². The van der Waals surface area contributed by atoms with Gasteiger partial charge in [-0.25, -0.2) is 0 Å². The van der Waals surface area contributed by atoms with E-state index in [-0.39, 0.29) is 11.6 Å². The third kappa shape index (κ3) is 3.87. The van der Waals surface area contributed by atoms with Crippen molar-refractivity contribution < 1.29 is 9.59 Å². The van der Waals surface area contributed by atoms with Crippen LogP contribution in [0.3, 0.4) is 0 Å². The summed E-state index contributed by atoms with van der Waals surface area (Å²) in [5.74, 6) is -0.185. The fourth-order valence-corrected chi connectivity index (χ4v) is 2.59. The van der Waals surface area contributed by atoms with Crippen LogP contribution in [0.4, 0.5) is 11.4 Å². The second kappa shape index (κ2) is 7.49. The predicted molar refractivity (Wildman–Crippen MR) is 105 cm³/mol. The highest BCUT2D eigenvalue weighted by atomic mass is 16.1. The summed E-state index contributed by atoms with van der Waals surface area (Å²) in [6, 6.07) is 22.4. The molecule has 4 heteroatoms. The first kappa shape index (κ1) is 17.2. The lowest BCUT2D eigenvalue weighted by Crippen LogP contribution is -2.10. The molecule has 26 heavy (non-hydrogen) atoms. The molecule has 4 N–H and O–H groups in total. The lowest BCUT2D eigenvalue weighted by Gasteiger charge is -2.06. The Kier molecular flexibility index (Phi) is 4.94. The van der Waals surface area contributed by atoms with Crippen molar-refractivity contribution in [3.05, 3.63) is 96.1 Å². The quantitative estimate of drug-likeness (QED) is 0.651. The predicted octanol–water partition coefficient (Wildman–Crippen LogP) is 4.14. The number of nitrogen functional groups attached to an aromatic ring is 2. The molecular formula is C22H18N2O2. The van der Waals surface area contributed by atoms with Gasteiger partial charge in [-0.1, -0.05) is 48.5 Å². The van der Waals surface area contributed by atoms with Gasteiger partial charge in [0.1, 0.15) is 0 Å². The first-order valence-corrected chi connectivity index (χ1v) is 8.12. The summed E-state index contributed by atoms with van der Waals surface area (Å²) in [6.07, 6.45) is 2.62. The van der Waals surface area contributed by atoms with Gasteiger partial charge in [0.2, 0.25) is 0 Å². The number of hydrogen-bond acceptors (Lipinski definition) is 4. The van der Waals surface area contributed by atoms with Crippen LogP contribution in [0.1, 0.15) is 20.7 Å². The van der Waals surface area contributed by atoms with Gasteiger partial charge in [-0.15, -0.1) is 0 Å². The van der Waals surface area contributed by atoms with Gasteiger partial charge in [0.25, 0.3) is 0 Å². The number of hydrogen-bond donors (Lipinski definition) is 2. The smallest absolute Gasteiger partial charge is 0.186 e. The molecule has 3 aromatic carbocycles. The minimum Gasteiger partial charge on any atom is -0.399 e. The lowest BCUT2D eigenvalue weighted by molar-refractivity contribution is 0.0994. The third-order valence-electron chi connectivity index (χ3n) is 4.00. The highest BCUT2D eigenvalue weighted by Gasteiger charge is 2.16. The molecule has 0 unspecified atom stereocenters. The summed E-state index contributed by atoms with van der Waals surface area (Å²) in [6.45, 7) is 0. The summed E-state index contributed by atoms with van der Waals surface area (Å²) in [5.41, 5.74) is 16.1. The van der Waals surface area contributed by atoms with Gasteiger partial charge < -0.3 is 11.5 Å². The molecule has 3 aromatic rings. The summed E-state index contributed by atoms with van der Waals surface area (Å²) < 4.78 is 0. The van der Waals surface area contributed by atoms with Gasteiger partial charge in [-0.3, -0.25) is 9.59 Å². The second-order valence-corrected chi connectivity index (χ2v) is 5.85. The van der Waals surface area contributed by atoms with E-state index in [4.69, 9.17) is 11.5 Å². The fraction of sp³-hybridized carbons (Fsp3) is 0. The summed E-state index contributed by atoms with van der Waals surface area (Å²) in [5, 5.41) is 0. The monoisotopic (exact) mass is 342 g/mol. The minimum atomic E-state index is -0.0924. The Hall–Kier alpha value is -3.66. The maximum atomic E-state index is 11.2. The molecule has 0 aromatic heterocycles. The van der Waals surface area contributed by atoms with Crippen LogP contribution in [0.25, 0.3) is 11.1 Å². The molecule has 128 valence electrons. The number of ketones is 2. The normalized spacial score (nSPS) is 12.2. The van der Waals surface area contributed by atoms with Crippen molar-refractivity contribution in [3.8, 4) is 11.1 Å². The van der Waals surface area contributed by atoms with Crippen LogP contribution in [-0.2, 0) is 0 Å². The van der Waals surface area contributed by atoms with Gasteiger partial charge in [-0.05, 0) is 47.5 Å². The highest BCUT2D eigenvalue weighted by molar-refractivity contribution is 6.21. The van der Waals surface area contributed by atoms with E-state index < -0.39 is 0 Å². The first-order valence-electron chi connectivity index (χ1n) is 8.12. The van der Waals surface area contributed by atoms with E-state index in [2.05, 4.69) is 0 Å². The van der Waals surface area contributed by atoms with E-state index in [0.717, 1.165) is 22.5 Å². The van der Waals surface area contributed by atoms with Crippen LogP contribution in [-0.4, -0.2) is 11.6 Å². The largest absolute Gasteiger partial charge is 0.399 e. The molecule has 0 saturated carbocycles. The molecule has 4 nitrogen and oxygen atoms in total. The van der Waals surface area contributed by atoms with Crippen molar-refractivity contribution in [1.29, 1.82) is 0 Å². The highest BCUT2D eigenvalue weighted by Crippen LogP contribution is 2.21. The second-order valence-electron chi connectivity index (χ2n) is 5.85. The molecule has 0 spiro atoms. The topological polar surface area (TPSA) is 86.2 Å². The summed E-state index contributed by atoms with van der Waals surface area (Å²) >= 11 is 0. The van der Waals surface area contributed by atoms with Crippen LogP contribution >= 0.6 is 0 Å². The van der Waals surface area contributed by atoms with E-state index in [9.17, 15) is 9.59 Å². The Morgan fingerprint density at radius 2 is 0.846 bits per heavy atom. The lowest BCUT2D eigenvalue weighted by atomic mass is 9.95. The van der Waals surface area contributed by atoms with E-state index in [0.29, 0.717) is 11.1 Å². The Balaban J connectivity index is 0.000000152. The number of benzene rings is 3. The first-order chi connectivity index (χ1) is 12.5. The van der Waals surface area contributed by atoms with Crippen molar-refractivity contribution in [3.63, 3.8) is 0 Å². The maximum Gasteiger partial charge on any atom is 0.186 e. The van der Waals surface area contributed by atoms with E-state index in [1.54, 1.807) is 24.3 Å².